The Morgan fingerprint density at radius 1 is 1.23 bits per heavy atom. The van der Waals surface area contributed by atoms with Gasteiger partial charge in [0, 0.05) is 11.4 Å². The number of nitrogens with two attached hydrogens (primary N) is 1. The van der Waals surface area contributed by atoms with E-state index in [1.807, 2.05) is 39.3 Å². The lowest BCUT2D eigenvalue weighted by Gasteiger charge is -2.23. The molecule has 26 heavy (non-hydrogen) atoms. The molecule has 2 aromatic rings. The van der Waals surface area contributed by atoms with Gasteiger partial charge < -0.3 is 5.32 Å². The third-order valence-electron chi connectivity index (χ3n) is 3.95. The lowest BCUT2D eigenvalue weighted by atomic mass is 10.1. The van der Waals surface area contributed by atoms with Gasteiger partial charge in [0.15, 0.2) is 5.69 Å². The highest BCUT2D eigenvalue weighted by Gasteiger charge is 2.24. The van der Waals surface area contributed by atoms with E-state index in [4.69, 9.17) is 5.14 Å². The van der Waals surface area contributed by atoms with Crippen LogP contribution >= 0.6 is 0 Å². The van der Waals surface area contributed by atoms with Gasteiger partial charge in [0.25, 0.3) is 5.91 Å². The molecule has 3 N–H and O–H groups in total. The first-order valence-electron chi connectivity index (χ1n) is 8.36. The van der Waals surface area contributed by atoms with Gasteiger partial charge in [0.1, 0.15) is 0 Å². The van der Waals surface area contributed by atoms with E-state index < -0.39 is 15.9 Å². The Hall–Kier alpha value is -2.19. The van der Waals surface area contributed by atoms with Crippen LogP contribution in [0.5, 0.6) is 0 Å². The number of hydrogen-bond donors (Lipinski definition) is 2. The molecule has 142 valence electrons. The molecule has 1 heterocycles. The van der Waals surface area contributed by atoms with Crippen molar-refractivity contribution in [1.29, 1.82) is 0 Å². The molecule has 0 saturated heterocycles. The molecule has 0 radical (unpaired) electrons. The second kappa shape index (κ2) is 6.85. The SMILES string of the molecule is Cc1ccc(NC(=O)c2cc(C(C)C)n(C(C)(C)C)n2)cc1S(N)(=O)=O. The van der Waals surface area contributed by atoms with Crippen molar-refractivity contribution in [3.8, 4) is 0 Å². The number of primary sulfonamides is 1. The van der Waals surface area contributed by atoms with E-state index in [1.54, 1.807) is 25.1 Å². The monoisotopic (exact) mass is 378 g/mol. The van der Waals surface area contributed by atoms with Crippen LogP contribution < -0.4 is 10.5 Å². The average Bonchev–Trinajstić information content (AvgIpc) is 2.93. The highest BCUT2D eigenvalue weighted by atomic mass is 32.2. The molecule has 2 rings (SSSR count). The molecule has 0 fully saturated rings. The fraction of sp³-hybridized carbons (Fsp3) is 0.444. The molecule has 1 amide bonds. The third-order valence-corrected chi connectivity index (χ3v) is 5.00. The third kappa shape index (κ3) is 4.31. The minimum Gasteiger partial charge on any atom is -0.321 e. The molecule has 0 aliphatic heterocycles. The predicted molar refractivity (Wildman–Crippen MR) is 102 cm³/mol. The van der Waals surface area contributed by atoms with Crippen molar-refractivity contribution >= 4 is 21.6 Å². The summed E-state index contributed by atoms with van der Waals surface area (Å²) in [6.07, 6.45) is 0. The Bertz CT molecular complexity index is 938. The first-order chi connectivity index (χ1) is 11.8. The number of hydrogen-bond acceptors (Lipinski definition) is 4. The number of amides is 1. The van der Waals surface area contributed by atoms with Crippen molar-refractivity contribution in [2.45, 2.75) is 57.9 Å². The van der Waals surface area contributed by atoms with E-state index in [9.17, 15) is 13.2 Å². The van der Waals surface area contributed by atoms with Gasteiger partial charge in [-0.1, -0.05) is 19.9 Å². The van der Waals surface area contributed by atoms with Crippen molar-refractivity contribution in [3.05, 3.63) is 41.2 Å². The van der Waals surface area contributed by atoms with Crippen molar-refractivity contribution in [2.24, 2.45) is 5.14 Å². The number of sulfonamides is 1. The van der Waals surface area contributed by atoms with Crippen LogP contribution in [0.25, 0.3) is 0 Å². The number of nitrogens with one attached hydrogen (secondary N) is 1. The van der Waals surface area contributed by atoms with Gasteiger partial charge in [-0.15, -0.1) is 0 Å². The number of rotatable bonds is 4. The van der Waals surface area contributed by atoms with Crippen LogP contribution in [0, 0.1) is 6.92 Å². The first kappa shape index (κ1) is 20.1. The average molecular weight is 378 g/mol. The normalized spacial score (nSPS) is 12.5. The zero-order valence-corrected chi connectivity index (χ0v) is 16.8. The smallest absolute Gasteiger partial charge is 0.276 e. The number of benzene rings is 1. The summed E-state index contributed by atoms with van der Waals surface area (Å²) >= 11 is 0. The van der Waals surface area contributed by atoms with Crippen molar-refractivity contribution in [1.82, 2.24) is 9.78 Å². The fourth-order valence-corrected chi connectivity index (χ4v) is 3.44. The van der Waals surface area contributed by atoms with Crippen LogP contribution in [-0.2, 0) is 15.6 Å². The molecule has 0 aliphatic rings. The zero-order chi connectivity index (χ0) is 19.9. The van der Waals surface area contributed by atoms with Crippen LogP contribution in [0.1, 0.15) is 62.3 Å². The maximum absolute atomic E-state index is 12.6. The van der Waals surface area contributed by atoms with Gasteiger partial charge in [0.2, 0.25) is 10.0 Å². The van der Waals surface area contributed by atoms with Gasteiger partial charge in [-0.05, 0) is 57.4 Å². The molecule has 1 aromatic carbocycles. The molecular formula is C18H26N4O3S. The summed E-state index contributed by atoms with van der Waals surface area (Å²) in [7, 11) is -3.86. The van der Waals surface area contributed by atoms with E-state index in [0.29, 0.717) is 11.3 Å². The Morgan fingerprint density at radius 3 is 2.31 bits per heavy atom. The van der Waals surface area contributed by atoms with Crippen LogP contribution in [0.4, 0.5) is 5.69 Å². The quantitative estimate of drug-likeness (QED) is 0.853. The first-order valence-corrected chi connectivity index (χ1v) is 9.90. The molecule has 7 nitrogen and oxygen atoms in total. The summed E-state index contributed by atoms with van der Waals surface area (Å²) in [5, 5.41) is 12.4. The maximum Gasteiger partial charge on any atom is 0.276 e. The number of anilines is 1. The van der Waals surface area contributed by atoms with Crippen LogP contribution in [0.3, 0.4) is 0 Å². The summed E-state index contributed by atoms with van der Waals surface area (Å²) < 4.78 is 25.1. The number of nitrogens with zero attached hydrogens (tertiary/aromatic N) is 2. The lowest BCUT2D eigenvalue weighted by molar-refractivity contribution is 0.102. The lowest BCUT2D eigenvalue weighted by Crippen LogP contribution is -2.26. The number of carbonyl (C=O) groups excluding carboxylic acids is 1. The summed E-state index contributed by atoms with van der Waals surface area (Å²) in [6, 6.07) is 6.35. The number of aromatic nitrogens is 2. The Balaban J connectivity index is 2.37. The van der Waals surface area contributed by atoms with Gasteiger partial charge in [-0.25, -0.2) is 13.6 Å². The molecule has 0 atom stereocenters. The summed E-state index contributed by atoms with van der Waals surface area (Å²) in [5.74, 6) is -0.198. The maximum atomic E-state index is 12.6. The summed E-state index contributed by atoms with van der Waals surface area (Å²) in [6.45, 7) is 11.8. The summed E-state index contributed by atoms with van der Waals surface area (Å²) in [4.78, 5) is 12.6. The van der Waals surface area contributed by atoms with E-state index >= 15 is 0 Å². The Kier molecular flexibility index (Phi) is 5.30. The van der Waals surface area contributed by atoms with E-state index in [2.05, 4.69) is 10.4 Å². The van der Waals surface area contributed by atoms with Gasteiger partial charge in [-0.3, -0.25) is 9.48 Å². The highest BCUT2D eigenvalue weighted by molar-refractivity contribution is 7.89. The van der Waals surface area contributed by atoms with E-state index in [1.165, 1.54) is 6.07 Å². The van der Waals surface area contributed by atoms with Crippen molar-refractivity contribution < 1.29 is 13.2 Å². The predicted octanol–water partition coefficient (Wildman–Crippen LogP) is 2.97. The van der Waals surface area contributed by atoms with Crippen LogP contribution in [-0.4, -0.2) is 24.1 Å². The topological polar surface area (TPSA) is 107 Å². The molecular weight excluding hydrogens is 352 g/mol. The van der Waals surface area contributed by atoms with Gasteiger partial charge in [0.05, 0.1) is 10.4 Å². The largest absolute Gasteiger partial charge is 0.321 e. The molecule has 0 aliphatic carbocycles. The minimum absolute atomic E-state index is 0.0154. The molecule has 0 unspecified atom stereocenters. The second-order valence-corrected chi connectivity index (χ2v) is 9.20. The Morgan fingerprint density at radius 2 is 1.85 bits per heavy atom. The number of carbonyl (C=O) groups is 1. The summed E-state index contributed by atoms with van der Waals surface area (Å²) in [5.41, 5.74) is 1.84. The van der Waals surface area contributed by atoms with E-state index in [-0.39, 0.29) is 22.0 Å². The van der Waals surface area contributed by atoms with Gasteiger partial charge >= 0.3 is 0 Å². The van der Waals surface area contributed by atoms with Crippen LogP contribution in [0.15, 0.2) is 29.2 Å². The second-order valence-electron chi connectivity index (χ2n) is 7.67. The van der Waals surface area contributed by atoms with Crippen molar-refractivity contribution in [2.75, 3.05) is 5.32 Å². The Labute approximate surface area is 154 Å². The van der Waals surface area contributed by atoms with E-state index in [0.717, 1.165) is 5.69 Å². The van der Waals surface area contributed by atoms with Crippen molar-refractivity contribution in [3.63, 3.8) is 0 Å². The van der Waals surface area contributed by atoms with Crippen LogP contribution in [0.2, 0.25) is 0 Å². The van der Waals surface area contributed by atoms with Gasteiger partial charge in [-0.2, -0.15) is 5.10 Å². The molecule has 1 aromatic heterocycles. The standard InChI is InChI=1S/C18H26N4O3S/c1-11(2)15-10-14(21-22(15)18(4,5)6)17(23)20-13-8-7-12(3)16(9-13)26(19,24)25/h7-11H,1-6H3,(H,20,23)(H2,19,24,25). The molecule has 0 saturated carbocycles. The zero-order valence-electron chi connectivity index (χ0n) is 16.0. The molecule has 8 heteroatoms. The molecule has 0 spiro atoms. The minimum atomic E-state index is -3.86. The number of aryl methyl sites for hydroxylation is 1. The highest BCUT2D eigenvalue weighted by Crippen LogP contribution is 2.24. The molecule has 0 bridgehead atoms. The fourth-order valence-electron chi connectivity index (χ4n) is 2.63.